The summed E-state index contributed by atoms with van der Waals surface area (Å²) < 4.78 is 3.71. The lowest BCUT2D eigenvalue weighted by Crippen LogP contribution is -1.99. The van der Waals surface area contributed by atoms with Gasteiger partial charge in [0.2, 0.25) is 0 Å². The maximum Gasteiger partial charge on any atom is 0.338 e. The molecule has 4 rings (SSSR count). The fourth-order valence-corrected chi connectivity index (χ4v) is 2.95. The highest BCUT2D eigenvalue weighted by Gasteiger charge is 2.20. The minimum Gasteiger partial charge on any atom is -0.478 e. The van der Waals surface area contributed by atoms with Gasteiger partial charge in [-0.2, -0.15) is 0 Å². The Morgan fingerprint density at radius 1 is 1.22 bits per heavy atom. The van der Waals surface area contributed by atoms with Crippen LogP contribution in [0.25, 0.3) is 22.1 Å². The number of aryl methyl sites for hydroxylation is 1. The third kappa shape index (κ3) is 2.07. The van der Waals surface area contributed by atoms with E-state index in [4.69, 9.17) is 0 Å². The first-order chi connectivity index (χ1) is 11.1. The predicted octanol–water partition coefficient (Wildman–Crippen LogP) is 2.67. The second-order valence-electron chi connectivity index (χ2n) is 5.51. The number of aromatic carboxylic acids is 1. The third-order valence-corrected chi connectivity index (χ3v) is 3.99. The molecule has 0 amide bonds. The van der Waals surface area contributed by atoms with E-state index in [2.05, 4.69) is 9.97 Å². The van der Waals surface area contributed by atoms with E-state index in [1.54, 1.807) is 18.7 Å². The monoisotopic (exact) mass is 306 g/mol. The van der Waals surface area contributed by atoms with E-state index in [1.165, 1.54) is 0 Å². The Morgan fingerprint density at radius 2 is 2.00 bits per heavy atom. The molecule has 0 spiro atoms. The molecule has 23 heavy (non-hydrogen) atoms. The van der Waals surface area contributed by atoms with Crippen molar-refractivity contribution in [3.8, 4) is 0 Å². The molecule has 0 fully saturated rings. The number of carboxylic acid groups (broad SMARTS) is 1. The quantitative estimate of drug-likeness (QED) is 0.631. The predicted molar refractivity (Wildman–Crippen MR) is 86.5 cm³/mol. The van der Waals surface area contributed by atoms with Crippen LogP contribution in [0.2, 0.25) is 0 Å². The van der Waals surface area contributed by atoms with Crippen molar-refractivity contribution >= 4 is 28.0 Å². The molecule has 0 aliphatic carbocycles. The van der Waals surface area contributed by atoms with Crippen LogP contribution in [0.1, 0.15) is 15.9 Å². The van der Waals surface area contributed by atoms with Crippen LogP contribution in [-0.4, -0.2) is 30.2 Å². The highest BCUT2D eigenvalue weighted by Crippen LogP contribution is 2.28. The van der Waals surface area contributed by atoms with Gasteiger partial charge in [-0.05, 0) is 5.56 Å². The molecule has 3 aromatic heterocycles. The lowest BCUT2D eigenvalue weighted by atomic mass is 10.2. The van der Waals surface area contributed by atoms with E-state index in [0.29, 0.717) is 23.1 Å². The van der Waals surface area contributed by atoms with Crippen LogP contribution in [0, 0.1) is 0 Å². The lowest BCUT2D eigenvalue weighted by Gasteiger charge is -2.05. The van der Waals surface area contributed by atoms with Crippen LogP contribution < -0.4 is 0 Å². The van der Waals surface area contributed by atoms with Crippen LogP contribution in [0.15, 0.2) is 49.1 Å². The molecule has 0 saturated carbocycles. The van der Waals surface area contributed by atoms with Gasteiger partial charge in [-0.15, -0.1) is 0 Å². The molecule has 6 nitrogen and oxygen atoms in total. The van der Waals surface area contributed by atoms with Crippen molar-refractivity contribution in [3.05, 3.63) is 60.2 Å². The van der Waals surface area contributed by atoms with E-state index >= 15 is 0 Å². The highest BCUT2D eigenvalue weighted by molar-refractivity contribution is 6.12. The Hall–Kier alpha value is -3.15. The second kappa shape index (κ2) is 4.95. The van der Waals surface area contributed by atoms with E-state index in [1.807, 2.05) is 46.5 Å². The molecule has 0 aliphatic heterocycles. The normalized spacial score (nSPS) is 11.3. The summed E-state index contributed by atoms with van der Waals surface area (Å²) in [5, 5.41) is 10.2. The van der Waals surface area contributed by atoms with Crippen molar-refractivity contribution in [2.45, 2.75) is 6.54 Å². The molecule has 1 N–H and O–H groups in total. The Balaban J connectivity index is 2.01. The Bertz CT molecular complexity index is 1030. The highest BCUT2D eigenvalue weighted by atomic mass is 16.4. The molecule has 1 aromatic carbocycles. The first kappa shape index (κ1) is 13.5. The number of imidazole rings is 1. The largest absolute Gasteiger partial charge is 0.478 e. The average Bonchev–Trinajstić information content (AvgIpc) is 3.10. The number of fused-ring (bicyclic) bond motifs is 3. The van der Waals surface area contributed by atoms with Crippen molar-refractivity contribution in [3.63, 3.8) is 0 Å². The van der Waals surface area contributed by atoms with Gasteiger partial charge in [0.25, 0.3) is 0 Å². The summed E-state index contributed by atoms with van der Waals surface area (Å²) in [6.45, 7) is 0.570. The van der Waals surface area contributed by atoms with Gasteiger partial charge in [0, 0.05) is 19.8 Å². The third-order valence-electron chi connectivity index (χ3n) is 3.99. The molecule has 0 atom stereocenters. The molecular formula is C17H14N4O2. The Morgan fingerprint density at radius 3 is 2.74 bits per heavy atom. The van der Waals surface area contributed by atoms with Gasteiger partial charge in [0.1, 0.15) is 11.2 Å². The summed E-state index contributed by atoms with van der Waals surface area (Å²) >= 11 is 0. The molecule has 0 saturated heterocycles. The maximum atomic E-state index is 11.7. The Labute approximate surface area is 131 Å². The van der Waals surface area contributed by atoms with Gasteiger partial charge in [0.15, 0.2) is 0 Å². The molecule has 0 aliphatic rings. The van der Waals surface area contributed by atoms with Gasteiger partial charge in [-0.1, -0.05) is 30.3 Å². The lowest BCUT2D eigenvalue weighted by molar-refractivity contribution is 0.0699. The molecule has 114 valence electrons. The number of pyridine rings is 1. The zero-order chi connectivity index (χ0) is 16.0. The number of hydrogen-bond acceptors (Lipinski definition) is 3. The number of hydrogen-bond donors (Lipinski definition) is 1. The van der Waals surface area contributed by atoms with Gasteiger partial charge >= 0.3 is 5.97 Å². The number of nitrogens with zero attached hydrogens (tertiary/aromatic N) is 4. The molecular weight excluding hydrogens is 292 g/mol. The van der Waals surface area contributed by atoms with Crippen LogP contribution in [-0.2, 0) is 13.6 Å². The van der Waals surface area contributed by atoms with Crippen molar-refractivity contribution in [1.82, 2.24) is 19.1 Å². The molecule has 0 bridgehead atoms. The van der Waals surface area contributed by atoms with E-state index in [-0.39, 0.29) is 5.56 Å². The molecule has 6 heteroatoms. The van der Waals surface area contributed by atoms with Crippen LogP contribution in [0.4, 0.5) is 0 Å². The topological polar surface area (TPSA) is 72.9 Å². The zero-order valence-electron chi connectivity index (χ0n) is 12.5. The summed E-state index contributed by atoms with van der Waals surface area (Å²) in [5.74, 6) is -0.961. The van der Waals surface area contributed by atoms with E-state index in [0.717, 1.165) is 11.1 Å². The standard InChI is InChI=1S/C17H14N4O2/c1-20-10-19-13-7-18-16-14(15(13)20)12(17(22)23)9-21(16)8-11-5-3-2-4-6-11/h2-7,9-10H,8H2,1H3,(H,22,23). The average molecular weight is 306 g/mol. The van der Waals surface area contributed by atoms with Crippen molar-refractivity contribution in [1.29, 1.82) is 0 Å². The summed E-state index contributed by atoms with van der Waals surface area (Å²) in [6, 6.07) is 9.90. The number of rotatable bonds is 3. The smallest absolute Gasteiger partial charge is 0.338 e. The van der Waals surface area contributed by atoms with Gasteiger partial charge in [-0.25, -0.2) is 14.8 Å². The van der Waals surface area contributed by atoms with Crippen LogP contribution in [0.3, 0.4) is 0 Å². The summed E-state index contributed by atoms with van der Waals surface area (Å²) in [7, 11) is 1.86. The minimum atomic E-state index is -0.961. The molecule has 0 radical (unpaired) electrons. The van der Waals surface area contributed by atoms with Gasteiger partial charge in [0.05, 0.1) is 29.0 Å². The number of carboxylic acids is 1. The van der Waals surface area contributed by atoms with Gasteiger partial charge < -0.3 is 14.2 Å². The first-order valence-electron chi connectivity index (χ1n) is 7.21. The molecule has 4 aromatic rings. The van der Waals surface area contributed by atoms with Crippen molar-refractivity contribution < 1.29 is 9.90 Å². The number of aromatic nitrogens is 4. The second-order valence-corrected chi connectivity index (χ2v) is 5.51. The molecule has 0 unspecified atom stereocenters. The fourth-order valence-electron chi connectivity index (χ4n) is 2.95. The van der Waals surface area contributed by atoms with Crippen molar-refractivity contribution in [2.75, 3.05) is 0 Å². The van der Waals surface area contributed by atoms with Crippen molar-refractivity contribution in [2.24, 2.45) is 7.05 Å². The number of benzene rings is 1. The maximum absolute atomic E-state index is 11.7. The SMILES string of the molecule is Cn1cnc2cnc3c(c(C(=O)O)cn3Cc3ccccc3)c21. The Kier molecular flexibility index (Phi) is 2.90. The van der Waals surface area contributed by atoms with Gasteiger partial charge in [-0.3, -0.25) is 0 Å². The summed E-state index contributed by atoms with van der Waals surface area (Å²) in [6.07, 6.45) is 5.01. The van der Waals surface area contributed by atoms with Crippen LogP contribution in [0.5, 0.6) is 0 Å². The minimum absolute atomic E-state index is 0.248. The van der Waals surface area contributed by atoms with Crippen LogP contribution >= 0.6 is 0 Å². The molecule has 3 heterocycles. The summed E-state index contributed by atoms with van der Waals surface area (Å²) in [5.41, 5.74) is 3.48. The number of carbonyl (C=O) groups is 1. The van der Waals surface area contributed by atoms with E-state index < -0.39 is 5.97 Å². The fraction of sp³-hybridized carbons (Fsp3) is 0.118. The zero-order valence-corrected chi connectivity index (χ0v) is 12.5. The van der Waals surface area contributed by atoms with E-state index in [9.17, 15) is 9.90 Å². The first-order valence-corrected chi connectivity index (χ1v) is 7.21. The summed E-state index contributed by atoms with van der Waals surface area (Å²) in [4.78, 5) is 20.4.